The lowest BCUT2D eigenvalue weighted by atomic mass is 10.3. The van der Waals surface area contributed by atoms with Crippen LogP contribution < -0.4 is 4.74 Å². The predicted octanol–water partition coefficient (Wildman–Crippen LogP) is 4.31. The summed E-state index contributed by atoms with van der Waals surface area (Å²) in [6, 6.07) is 5.43. The molecule has 0 N–H and O–H groups in total. The van der Waals surface area contributed by atoms with E-state index >= 15 is 0 Å². The first-order valence-corrected chi connectivity index (χ1v) is 5.63. The van der Waals surface area contributed by atoms with E-state index in [0.717, 1.165) is 12.8 Å². The minimum Gasteiger partial charge on any atom is -0.487 e. The molecule has 0 atom stereocenters. The van der Waals surface area contributed by atoms with Gasteiger partial charge in [-0.15, -0.1) is 0 Å². The van der Waals surface area contributed by atoms with Crippen LogP contribution in [0.3, 0.4) is 0 Å². The summed E-state index contributed by atoms with van der Waals surface area (Å²) in [6.45, 7) is 0. The third kappa shape index (κ3) is 2.15. The Kier molecular flexibility index (Phi) is 3.19. The molecule has 1 aliphatic rings. The van der Waals surface area contributed by atoms with Crippen LogP contribution in [-0.2, 0) is 0 Å². The van der Waals surface area contributed by atoms with Gasteiger partial charge in [-0.25, -0.2) is 0 Å². The Morgan fingerprint density at radius 2 is 1.64 bits per heavy atom. The van der Waals surface area contributed by atoms with Crippen LogP contribution in [0.1, 0.15) is 25.7 Å². The Morgan fingerprint density at radius 3 is 2.21 bits per heavy atom. The smallest absolute Gasteiger partial charge is 0.156 e. The van der Waals surface area contributed by atoms with E-state index in [2.05, 4.69) is 0 Å². The Hall–Kier alpha value is -0.400. The molecule has 1 fully saturated rings. The molecule has 0 aromatic heterocycles. The number of halogens is 2. The van der Waals surface area contributed by atoms with Crippen molar-refractivity contribution < 1.29 is 4.74 Å². The lowest BCUT2D eigenvalue weighted by Gasteiger charge is -2.15. The third-order valence-electron chi connectivity index (χ3n) is 2.51. The van der Waals surface area contributed by atoms with Gasteiger partial charge in [0.2, 0.25) is 0 Å². The normalized spacial score (nSPS) is 17.3. The fraction of sp³-hybridized carbons (Fsp3) is 0.455. The number of para-hydroxylation sites is 1. The highest BCUT2D eigenvalue weighted by molar-refractivity contribution is 6.37. The van der Waals surface area contributed by atoms with Gasteiger partial charge in [-0.05, 0) is 37.8 Å². The number of hydrogen-bond donors (Lipinski definition) is 0. The first-order chi connectivity index (χ1) is 6.77. The van der Waals surface area contributed by atoms with Crippen molar-refractivity contribution in [2.24, 2.45) is 0 Å². The Labute approximate surface area is 94.0 Å². The fourth-order valence-corrected chi connectivity index (χ4v) is 2.25. The lowest BCUT2D eigenvalue weighted by Crippen LogP contribution is -2.11. The summed E-state index contributed by atoms with van der Waals surface area (Å²) in [5, 5.41) is 1.20. The van der Waals surface area contributed by atoms with Gasteiger partial charge < -0.3 is 4.74 Å². The standard InChI is InChI=1S/C11H12Cl2O/c12-9-6-3-7-10(13)11(9)14-8-4-1-2-5-8/h3,6-8H,1-2,4-5H2. The van der Waals surface area contributed by atoms with Crippen molar-refractivity contribution >= 4 is 23.2 Å². The summed E-state index contributed by atoms with van der Waals surface area (Å²) in [7, 11) is 0. The van der Waals surface area contributed by atoms with E-state index in [9.17, 15) is 0 Å². The average molecular weight is 231 g/mol. The van der Waals surface area contributed by atoms with Crippen molar-refractivity contribution in [1.29, 1.82) is 0 Å². The van der Waals surface area contributed by atoms with Gasteiger partial charge in [-0.2, -0.15) is 0 Å². The molecule has 0 amide bonds. The second-order valence-corrected chi connectivity index (χ2v) is 4.39. The van der Waals surface area contributed by atoms with Crippen LogP contribution in [0.2, 0.25) is 10.0 Å². The van der Waals surface area contributed by atoms with Crippen molar-refractivity contribution in [2.45, 2.75) is 31.8 Å². The molecule has 0 saturated heterocycles. The van der Waals surface area contributed by atoms with Crippen LogP contribution in [-0.4, -0.2) is 6.10 Å². The van der Waals surface area contributed by atoms with E-state index in [0.29, 0.717) is 21.9 Å². The van der Waals surface area contributed by atoms with E-state index in [1.165, 1.54) is 12.8 Å². The summed E-state index contributed by atoms with van der Waals surface area (Å²) in [5.41, 5.74) is 0. The SMILES string of the molecule is Clc1cccc(Cl)c1OC1CCCC1. The molecule has 14 heavy (non-hydrogen) atoms. The monoisotopic (exact) mass is 230 g/mol. The number of rotatable bonds is 2. The Morgan fingerprint density at radius 1 is 1.07 bits per heavy atom. The van der Waals surface area contributed by atoms with Crippen LogP contribution in [0.15, 0.2) is 18.2 Å². The third-order valence-corrected chi connectivity index (χ3v) is 3.10. The van der Waals surface area contributed by atoms with Gasteiger partial charge in [-0.1, -0.05) is 29.3 Å². The van der Waals surface area contributed by atoms with Gasteiger partial charge in [0.25, 0.3) is 0 Å². The molecule has 0 spiro atoms. The molecule has 2 rings (SSSR count). The van der Waals surface area contributed by atoms with Gasteiger partial charge in [0.05, 0.1) is 16.1 Å². The number of benzene rings is 1. The summed E-state index contributed by atoms with van der Waals surface area (Å²) in [4.78, 5) is 0. The van der Waals surface area contributed by atoms with E-state index in [1.807, 2.05) is 6.07 Å². The van der Waals surface area contributed by atoms with Crippen LogP contribution >= 0.6 is 23.2 Å². The summed E-state index contributed by atoms with van der Waals surface area (Å²) in [5.74, 6) is 0.641. The molecule has 1 saturated carbocycles. The maximum Gasteiger partial charge on any atom is 0.156 e. The molecular weight excluding hydrogens is 219 g/mol. The summed E-state index contributed by atoms with van der Waals surface area (Å²) < 4.78 is 5.77. The highest BCUT2D eigenvalue weighted by Crippen LogP contribution is 2.35. The Bertz CT molecular complexity index is 299. The van der Waals surface area contributed by atoms with Gasteiger partial charge in [0.15, 0.2) is 5.75 Å². The molecule has 0 aliphatic heterocycles. The molecule has 1 aromatic carbocycles. The zero-order valence-corrected chi connectivity index (χ0v) is 9.31. The topological polar surface area (TPSA) is 9.23 Å². The number of hydrogen-bond acceptors (Lipinski definition) is 1. The number of ether oxygens (including phenoxy) is 1. The van der Waals surface area contributed by atoms with Gasteiger partial charge in [-0.3, -0.25) is 0 Å². The minimum atomic E-state index is 0.299. The molecule has 0 bridgehead atoms. The highest BCUT2D eigenvalue weighted by atomic mass is 35.5. The first kappa shape index (κ1) is 10.1. The molecule has 1 aromatic rings. The quantitative estimate of drug-likeness (QED) is 0.736. The second-order valence-electron chi connectivity index (χ2n) is 3.58. The van der Waals surface area contributed by atoms with Gasteiger partial charge in [0, 0.05) is 0 Å². The van der Waals surface area contributed by atoms with Crippen LogP contribution in [0, 0.1) is 0 Å². The molecule has 1 aliphatic carbocycles. The van der Waals surface area contributed by atoms with Crippen molar-refractivity contribution in [3.63, 3.8) is 0 Å². The van der Waals surface area contributed by atoms with Crippen molar-refractivity contribution in [3.8, 4) is 5.75 Å². The Balaban J connectivity index is 2.14. The molecule has 0 radical (unpaired) electrons. The van der Waals surface area contributed by atoms with Gasteiger partial charge in [0.1, 0.15) is 0 Å². The molecule has 1 nitrogen and oxygen atoms in total. The van der Waals surface area contributed by atoms with E-state index < -0.39 is 0 Å². The van der Waals surface area contributed by atoms with E-state index in [1.54, 1.807) is 12.1 Å². The lowest BCUT2D eigenvalue weighted by molar-refractivity contribution is 0.210. The maximum absolute atomic E-state index is 6.00. The van der Waals surface area contributed by atoms with Gasteiger partial charge >= 0.3 is 0 Å². The van der Waals surface area contributed by atoms with E-state index in [-0.39, 0.29) is 0 Å². The minimum absolute atomic E-state index is 0.299. The summed E-state index contributed by atoms with van der Waals surface area (Å²) >= 11 is 12.0. The second kappa shape index (κ2) is 4.41. The zero-order valence-electron chi connectivity index (χ0n) is 7.80. The molecule has 76 valence electrons. The van der Waals surface area contributed by atoms with Crippen LogP contribution in [0.4, 0.5) is 0 Å². The van der Waals surface area contributed by atoms with Crippen LogP contribution in [0.5, 0.6) is 5.75 Å². The van der Waals surface area contributed by atoms with Crippen molar-refractivity contribution in [3.05, 3.63) is 28.2 Å². The average Bonchev–Trinajstić information content (AvgIpc) is 2.64. The highest BCUT2D eigenvalue weighted by Gasteiger charge is 2.18. The fourth-order valence-electron chi connectivity index (χ4n) is 1.77. The molecule has 0 unspecified atom stereocenters. The zero-order chi connectivity index (χ0) is 9.97. The predicted molar refractivity (Wildman–Crippen MR) is 59.3 cm³/mol. The molecule has 3 heteroatoms. The molecule has 0 heterocycles. The maximum atomic E-state index is 6.00. The first-order valence-electron chi connectivity index (χ1n) is 4.88. The van der Waals surface area contributed by atoms with Crippen molar-refractivity contribution in [2.75, 3.05) is 0 Å². The van der Waals surface area contributed by atoms with Crippen molar-refractivity contribution in [1.82, 2.24) is 0 Å². The molecular formula is C11H12Cl2O. The van der Waals surface area contributed by atoms with Crippen LogP contribution in [0.25, 0.3) is 0 Å². The summed E-state index contributed by atoms with van der Waals surface area (Å²) in [6.07, 6.45) is 5.01. The largest absolute Gasteiger partial charge is 0.487 e. The van der Waals surface area contributed by atoms with E-state index in [4.69, 9.17) is 27.9 Å².